The van der Waals surface area contributed by atoms with Gasteiger partial charge in [0.25, 0.3) is 0 Å². The molecule has 0 atom stereocenters. The molecular weight excluding hydrogens is 254 g/mol. The monoisotopic (exact) mass is 281 g/mol. The van der Waals surface area contributed by atoms with Gasteiger partial charge in [0.2, 0.25) is 5.88 Å². The average molecular weight is 281 g/mol. The Kier molecular flexibility index (Phi) is 7.95. The molecule has 5 nitrogen and oxygen atoms in total. The van der Waals surface area contributed by atoms with Crippen molar-refractivity contribution in [2.75, 3.05) is 25.1 Å². The molecular formula is C15H27N3O2. The minimum Gasteiger partial charge on any atom is -0.478 e. The Bertz CT molecular complexity index is 359. The first-order valence-electron chi connectivity index (χ1n) is 7.51. The standard InChI is InChI=1S/C15H27N3O2/c1-5-8-13-17-14(11-15(18-13)19-6-2)16-9-7-10-20-12(3)4/h11-12H,5-10H2,1-4H3,(H,16,17,18). The highest BCUT2D eigenvalue weighted by atomic mass is 16.5. The lowest BCUT2D eigenvalue weighted by Gasteiger charge is -2.11. The Balaban J connectivity index is 2.50. The number of rotatable bonds is 10. The smallest absolute Gasteiger partial charge is 0.218 e. The molecule has 0 amide bonds. The number of aromatic nitrogens is 2. The van der Waals surface area contributed by atoms with Crippen molar-refractivity contribution >= 4 is 5.82 Å². The summed E-state index contributed by atoms with van der Waals surface area (Å²) in [7, 11) is 0. The van der Waals surface area contributed by atoms with Crippen LogP contribution in [-0.2, 0) is 11.2 Å². The summed E-state index contributed by atoms with van der Waals surface area (Å²) in [5, 5.41) is 3.30. The van der Waals surface area contributed by atoms with Crippen LogP contribution in [0.1, 0.15) is 46.4 Å². The van der Waals surface area contributed by atoms with E-state index in [1.807, 2.05) is 26.8 Å². The number of hydrogen-bond donors (Lipinski definition) is 1. The van der Waals surface area contributed by atoms with Crippen LogP contribution in [0.2, 0.25) is 0 Å². The maximum absolute atomic E-state index is 5.51. The van der Waals surface area contributed by atoms with Gasteiger partial charge in [0, 0.05) is 25.6 Å². The summed E-state index contributed by atoms with van der Waals surface area (Å²) in [6.07, 6.45) is 3.13. The predicted octanol–water partition coefficient (Wildman–Crippen LogP) is 3.05. The third kappa shape index (κ3) is 6.70. The van der Waals surface area contributed by atoms with Crippen LogP contribution in [0, 0.1) is 0 Å². The normalized spacial score (nSPS) is 10.8. The zero-order valence-corrected chi connectivity index (χ0v) is 13.1. The van der Waals surface area contributed by atoms with Gasteiger partial charge in [-0.3, -0.25) is 0 Å². The zero-order chi connectivity index (χ0) is 14.8. The fraction of sp³-hybridized carbons (Fsp3) is 0.733. The lowest BCUT2D eigenvalue weighted by molar-refractivity contribution is 0.0787. The second-order valence-corrected chi connectivity index (χ2v) is 4.89. The molecule has 0 saturated heterocycles. The van der Waals surface area contributed by atoms with Crippen LogP contribution < -0.4 is 10.1 Å². The molecule has 0 aromatic carbocycles. The van der Waals surface area contributed by atoms with E-state index in [4.69, 9.17) is 9.47 Å². The molecule has 0 aliphatic rings. The number of ether oxygens (including phenoxy) is 2. The Hall–Kier alpha value is -1.36. The van der Waals surface area contributed by atoms with Crippen LogP contribution in [0.3, 0.4) is 0 Å². The summed E-state index contributed by atoms with van der Waals surface area (Å²) in [6, 6.07) is 1.85. The Morgan fingerprint density at radius 1 is 1.25 bits per heavy atom. The van der Waals surface area contributed by atoms with Crippen LogP contribution in [0.4, 0.5) is 5.82 Å². The molecule has 5 heteroatoms. The maximum atomic E-state index is 5.51. The third-order valence-electron chi connectivity index (χ3n) is 2.59. The van der Waals surface area contributed by atoms with Gasteiger partial charge in [0.15, 0.2) is 0 Å². The van der Waals surface area contributed by atoms with Crippen molar-refractivity contribution in [3.05, 3.63) is 11.9 Å². The molecule has 0 radical (unpaired) electrons. The van der Waals surface area contributed by atoms with Crippen LogP contribution >= 0.6 is 0 Å². The topological polar surface area (TPSA) is 56.3 Å². The molecule has 114 valence electrons. The summed E-state index contributed by atoms with van der Waals surface area (Å²) < 4.78 is 11.0. The molecule has 1 heterocycles. The molecule has 0 spiro atoms. The van der Waals surface area contributed by atoms with Gasteiger partial charge < -0.3 is 14.8 Å². The number of hydrogen-bond acceptors (Lipinski definition) is 5. The summed E-state index contributed by atoms with van der Waals surface area (Å²) >= 11 is 0. The predicted molar refractivity (Wildman–Crippen MR) is 81.4 cm³/mol. The summed E-state index contributed by atoms with van der Waals surface area (Å²) in [5.74, 6) is 2.31. The summed E-state index contributed by atoms with van der Waals surface area (Å²) in [6.45, 7) is 10.4. The van der Waals surface area contributed by atoms with E-state index in [9.17, 15) is 0 Å². The molecule has 0 aliphatic heterocycles. The minimum absolute atomic E-state index is 0.287. The molecule has 20 heavy (non-hydrogen) atoms. The van der Waals surface area contributed by atoms with Crippen molar-refractivity contribution < 1.29 is 9.47 Å². The second-order valence-electron chi connectivity index (χ2n) is 4.89. The van der Waals surface area contributed by atoms with Crippen molar-refractivity contribution in [1.82, 2.24) is 9.97 Å². The molecule has 0 saturated carbocycles. The van der Waals surface area contributed by atoms with E-state index >= 15 is 0 Å². The first-order chi connectivity index (χ1) is 9.65. The number of anilines is 1. The SMILES string of the molecule is CCCc1nc(NCCCOC(C)C)cc(OCC)n1. The van der Waals surface area contributed by atoms with E-state index in [1.54, 1.807) is 0 Å². The fourth-order valence-electron chi connectivity index (χ4n) is 1.73. The highest BCUT2D eigenvalue weighted by Gasteiger charge is 2.04. The Labute approximate surface area is 122 Å². The van der Waals surface area contributed by atoms with Crippen LogP contribution in [0.15, 0.2) is 6.07 Å². The Morgan fingerprint density at radius 3 is 2.70 bits per heavy atom. The molecule has 0 aliphatic carbocycles. The molecule has 1 N–H and O–H groups in total. The number of nitrogens with one attached hydrogen (secondary N) is 1. The van der Waals surface area contributed by atoms with Gasteiger partial charge in [-0.15, -0.1) is 0 Å². The molecule has 1 aromatic heterocycles. The van der Waals surface area contributed by atoms with E-state index in [-0.39, 0.29) is 6.10 Å². The van der Waals surface area contributed by atoms with Crippen molar-refractivity contribution in [3.8, 4) is 5.88 Å². The third-order valence-corrected chi connectivity index (χ3v) is 2.59. The van der Waals surface area contributed by atoms with Crippen LogP contribution in [0.5, 0.6) is 5.88 Å². The second kappa shape index (κ2) is 9.53. The lowest BCUT2D eigenvalue weighted by Crippen LogP contribution is -2.11. The van der Waals surface area contributed by atoms with Gasteiger partial charge in [0.1, 0.15) is 11.6 Å². The van der Waals surface area contributed by atoms with Gasteiger partial charge in [0.05, 0.1) is 12.7 Å². The van der Waals surface area contributed by atoms with Crippen molar-refractivity contribution in [2.45, 2.75) is 53.1 Å². The summed E-state index contributed by atoms with van der Waals surface area (Å²) in [4.78, 5) is 8.88. The molecule has 1 aromatic rings. The fourth-order valence-corrected chi connectivity index (χ4v) is 1.73. The maximum Gasteiger partial charge on any atom is 0.218 e. The largest absolute Gasteiger partial charge is 0.478 e. The van der Waals surface area contributed by atoms with Crippen molar-refractivity contribution in [2.24, 2.45) is 0 Å². The van der Waals surface area contributed by atoms with Crippen molar-refractivity contribution in [3.63, 3.8) is 0 Å². The quantitative estimate of drug-likeness (QED) is 0.668. The highest BCUT2D eigenvalue weighted by molar-refractivity contribution is 5.38. The van der Waals surface area contributed by atoms with Crippen molar-refractivity contribution in [1.29, 1.82) is 0 Å². The van der Waals surface area contributed by atoms with Crippen LogP contribution in [-0.4, -0.2) is 35.8 Å². The number of aryl methyl sites for hydroxylation is 1. The van der Waals surface area contributed by atoms with E-state index < -0.39 is 0 Å². The van der Waals surface area contributed by atoms with E-state index in [1.165, 1.54) is 0 Å². The molecule has 0 unspecified atom stereocenters. The van der Waals surface area contributed by atoms with Crippen LogP contribution in [0.25, 0.3) is 0 Å². The van der Waals surface area contributed by atoms with Gasteiger partial charge >= 0.3 is 0 Å². The van der Waals surface area contributed by atoms with Gasteiger partial charge in [-0.05, 0) is 33.6 Å². The number of nitrogens with zero attached hydrogens (tertiary/aromatic N) is 2. The lowest BCUT2D eigenvalue weighted by atomic mass is 10.3. The van der Waals surface area contributed by atoms with E-state index in [0.29, 0.717) is 12.5 Å². The van der Waals surface area contributed by atoms with Gasteiger partial charge in [-0.25, -0.2) is 4.98 Å². The van der Waals surface area contributed by atoms with E-state index in [2.05, 4.69) is 22.2 Å². The molecule has 0 fully saturated rings. The molecule has 1 rings (SSSR count). The Morgan fingerprint density at radius 2 is 2.05 bits per heavy atom. The molecule has 0 bridgehead atoms. The summed E-state index contributed by atoms with van der Waals surface area (Å²) in [5.41, 5.74) is 0. The first kappa shape index (κ1) is 16.7. The van der Waals surface area contributed by atoms with E-state index in [0.717, 1.165) is 44.1 Å². The zero-order valence-electron chi connectivity index (χ0n) is 13.1. The average Bonchev–Trinajstić information content (AvgIpc) is 2.38. The highest BCUT2D eigenvalue weighted by Crippen LogP contribution is 2.14. The minimum atomic E-state index is 0.287. The van der Waals surface area contributed by atoms with Gasteiger partial charge in [-0.1, -0.05) is 6.92 Å². The first-order valence-corrected chi connectivity index (χ1v) is 7.51. The van der Waals surface area contributed by atoms with Gasteiger partial charge in [-0.2, -0.15) is 4.98 Å².